The zero-order valence-electron chi connectivity index (χ0n) is 12.6. The summed E-state index contributed by atoms with van der Waals surface area (Å²) in [5, 5.41) is 8.94. The van der Waals surface area contributed by atoms with Crippen LogP contribution in [0, 0.1) is 0 Å². The molecule has 2 atom stereocenters. The average molecular weight is 289 g/mol. The van der Waals surface area contributed by atoms with E-state index in [4.69, 9.17) is 0 Å². The number of hydrogen-bond acceptors (Lipinski definition) is 3. The number of hydrogen-bond donors (Lipinski definition) is 3. The highest BCUT2D eigenvalue weighted by Crippen LogP contribution is 2.17. The summed E-state index contributed by atoms with van der Waals surface area (Å²) in [5.41, 5.74) is 1.07. The van der Waals surface area contributed by atoms with E-state index < -0.39 is 0 Å². The number of nitrogens with one attached hydrogen (secondary N) is 3. The molecule has 2 rings (SSSR count). The van der Waals surface area contributed by atoms with Crippen LogP contribution in [0.1, 0.15) is 43.5 Å². The zero-order valence-corrected chi connectivity index (χ0v) is 12.6. The number of amides is 2. The summed E-state index contributed by atoms with van der Waals surface area (Å²) in [7, 11) is 0. The van der Waals surface area contributed by atoms with Crippen molar-refractivity contribution in [3.8, 4) is 0 Å². The number of rotatable bonds is 5. The van der Waals surface area contributed by atoms with Crippen molar-refractivity contribution in [1.29, 1.82) is 0 Å². The minimum atomic E-state index is -0.157. The Balaban J connectivity index is 2.09. The molecule has 5 heteroatoms. The number of para-hydroxylation sites is 1. The lowest BCUT2D eigenvalue weighted by Gasteiger charge is -2.16. The van der Waals surface area contributed by atoms with Gasteiger partial charge in [-0.15, -0.1) is 0 Å². The molecule has 3 N–H and O–H groups in total. The van der Waals surface area contributed by atoms with Crippen LogP contribution < -0.4 is 16.0 Å². The van der Waals surface area contributed by atoms with Gasteiger partial charge >= 0.3 is 0 Å². The first-order chi connectivity index (χ1) is 10.1. The van der Waals surface area contributed by atoms with Crippen LogP contribution in [-0.2, 0) is 4.79 Å². The summed E-state index contributed by atoms with van der Waals surface area (Å²) in [5.74, 6) is -0.226. The quantitative estimate of drug-likeness (QED) is 0.775. The van der Waals surface area contributed by atoms with Crippen LogP contribution in [0.15, 0.2) is 24.3 Å². The molecule has 1 saturated heterocycles. The molecule has 1 heterocycles. The second-order valence-corrected chi connectivity index (χ2v) is 5.47. The lowest BCUT2D eigenvalue weighted by Crippen LogP contribution is -2.37. The van der Waals surface area contributed by atoms with Gasteiger partial charge in [0.2, 0.25) is 5.91 Å². The zero-order chi connectivity index (χ0) is 15.2. The first-order valence-corrected chi connectivity index (χ1v) is 7.56. The Bertz CT molecular complexity index is 510. The minimum absolute atomic E-state index is 0.0729. The van der Waals surface area contributed by atoms with E-state index in [2.05, 4.69) is 16.0 Å². The lowest BCUT2D eigenvalue weighted by molar-refractivity contribution is -0.117. The molecule has 1 aliphatic heterocycles. The summed E-state index contributed by atoms with van der Waals surface area (Å²) in [6, 6.07) is 7.06. The Labute approximate surface area is 125 Å². The van der Waals surface area contributed by atoms with Crippen molar-refractivity contribution in [2.75, 3.05) is 11.9 Å². The van der Waals surface area contributed by atoms with E-state index in [1.165, 1.54) is 0 Å². The van der Waals surface area contributed by atoms with Crippen molar-refractivity contribution in [3.63, 3.8) is 0 Å². The molecule has 5 nitrogen and oxygen atoms in total. The number of anilines is 1. The van der Waals surface area contributed by atoms with Gasteiger partial charge in [-0.05, 0) is 44.9 Å². The predicted octanol–water partition coefficient (Wildman–Crippen LogP) is 1.91. The minimum Gasteiger partial charge on any atom is -0.350 e. The fourth-order valence-corrected chi connectivity index (χ4v) is 2.32. The molecule has 0 aromatic heterocycles. The van der Waals surface area contributed by atoms with Crippen LogP contribution in [-0.4, -0.2) is 30.4 Å². The Morgan fingerprint density at radius 1 is 1.38 bits per heavy atom. The van der Waals surface area contributed by atoms with Gasteiger partial charge in [0.05, 0.1) is 17.3 Å². The highest BCUT2D eigenvalue weighted by Gasteiger charge is 2.23. The van der Waals surface area contributed by atoms with Gasteiger partial charge in [0.15, 0.2) is 0 Å². The molecule has 0 spiro atoms. The first kappa shape index (κ1) is 15.5. The SMILES string of the molecule is CCC(C)NC(=O)c1ccccc1NC(=O)[C@@H]1CCCN1. The Kier molecular flexibility index (Phi) is 5.33. The summed E-state index contributed by atoms with van der Waals surface area (Å²) in [6.07, 6.45) is 2.72. The third-order valence-corrected chi connectivity index (χ3v) is 3.80. The van der Waals surface area contributed by atoms with Crippen molar-refractivity contribution >= 4 is 17.5 Å². The second kappa shape index (κ2) is 7.22. The maximum atomic E-state index is 12.3. The summed E-state index contributed by atoms with van der Waals surface area (Å²) < 4.78 is 0. The van der Waals surface area contributed by atoms with Gasteiger partial charge in [-0.2, -0.15) is 0 Å². The van der Waals surface area contributed by atoms with Gasteiger partial charge in [0.1, 0.15) is 0 Å². The summed E-state index contributed by atoms with van der Waals surface area (Å²) >= 11 is 0. The molecule has 21 heavy (non-hydrogen) atoms. The molecule has 1 aromatic rings. The van der Waals surface area contributed by atoms with Crippen LogP contribution in [0.5, 0.6) is 0 Å². The maximum Gasteiger partial charge on any atom is 0.253 e. The summed E-state index contributed by atoms with van der Waals surface area (Å²) in [6.45, 7) is 4.85. The van der Waals surface area contributed by atoms with Crippen molar-refractivity contribution in [1.82, 2.24) is 10.6 Å². The third kappa shape index (κ3) is 4.04. The monoisotopic (exact) mass is 289 g/mol. The number of benzene rings is 1. The van der Waals surface area contributed by atoms with Crippen LogP contribution in [0.3, 0.4) is 0 Å². The third-order valence-electron chi connectivity index (χ3n) is 3.80. The standard InChI is InChI=1S/C16H23N3O2/c1-3-11(2)18-15(20)12-7-4-5-8-13(12)19-16(21)14-9-6-10-17-14/h4-5,7-8,11,14,17H,3,6,9-10H2,1-2H3,(H,18,20)(H,19,21)/t11?,14-/m0/s1. The number of carbonyl (C=O) groups excluding carboxylic acids is 2. The van der Waals surface area contributed by atoms with Gasteiger partial charge in [0, 0.05) is 6.04 Å². The predicted molar refractivity (Wildman–Crippen MR) is 83.3 cm³/mol. The maximum absolute atomic E-state index is 12.3. The van der Waals surface area contributed by atoms with Gasteiger partial charge in [-0.3, -0.25) is 9.59 Å². The Hall–Kier alpha value is -1.88. The normalized spacial score (nSPS) is 19.0. The second-order valence-electron chi connectivity index (χ2n) is 5.47. The van der Waals surface area contributed by atoms with Gasteiger partial charge in [-0.25, -0.2) is 0 Å². The lowest BCUT2D eigenvalue weighted by atomic mass is 10.1. The highest BCUT2D eigenvalue weighted by molar-refractivity contribution is 6.04. The number of carbonyl (C=O) groups is 2. The van der Waals surface area contributed by atoms with E-state index in [9.17, 15) is 9.59 Å². The molecule has 0 radical (unpaired) electrons. The van der Waals surface area contributed by atoms with Gasteiger partial charge in [0.25, 0.3) is 5.91 Å². The Morgan fingerprint density at radius 3 is 2.81 bits per heavy atom. The van der Waals surface area contributed by atoms with Crippen LogP contribution in [0.25, 0.3) is 0 Å². The topological polar surface area (TPSA) is 70.2 Å². The molecule has 1 aromatic carbocycles. The summed E-state index contributed by atoms with van der Waals surface area (Å²) in [4.78, 5) is 24.4. The van der Waals surface area contributed by atoms with E-state index in [1.807, 2.05) is 19.9 Å². The fourth-order valence-electron chi connectivity index (χ4n) is 2.32. The van der Waals surface area contributed by atoms with Crippen LogP contribution >= 0.6 is 0 Å². The average Bonchev–Trinajstić information content (AvgIpc) is 3.01. The van der Waals surface area contributed by atoms with Gasteiger partial charge < -0.3 is 16.0 Å². The molecule has 0 bridgehead atoms. The molecule has 2 amide bonds. The highest BCUT2D eigenvalue weighted by atomic mass is 16.2. The van der Waals surface area contributed by atoms with E-state index in [0.29, 0.717) is 11.3 Å². The van der Waals surface area contributed by atoms with Gasteiger partial charge in [-0.1, -0.05) is 19.1 Å². The molecular weight excluding hydrogens is 266 g/mol. The first-order valence-electron chi connectivity index (χ1n) is 7.56. The largest absolute Gasteiger partial charge is 0.350 e. The molecule has 1 fully saturated rings. The van der Waals surface area contributed by atoms with E-state index >= 15 is 0 Å². The molecule has 1 unspecified atom stereocenters. The smallest absolute Gasteiger partial charge is 0.253 e. The molecule has 114 valence electrons. The fraction of sp³-hybridized carbons (Fsp3) is 0.500. The van der Waals surface area contributed by atoms with Crippen LogP contribution in [0.4, 0.5) is 5.69 Å². The van der Waals surface area contributed by atoms with E-state index in [-0.39, 0.29) is 23.9 Å². The molecular formula is C16H23N3O2. The van der Waals surface area contributed by atoms with Crippen molar-refractivity contribution < 1.29 is 9.59 Å². The Morgan fingerprint density at radius 2 is 2.14 bits per heavy atom. The molecule has 0 saturated carbocycles. The van der Waals surface area contributed by atoms with E-state index in [0.717, 1.165) is 25.8 Å². The molecule has 0 aliphatic carbocycles. The van der Waals surface area contributed by atoms with Crippen molar-refractivity contribution in [2.45, 2.75) is 45.2 Å². The van der Waals surface area contributed by atoms with Crippen molar-refractivity contribution in [3.05, 3.63) is 29.8 Å². The molecule has 1 aliphatic rings. The van der Waals surface area contributed by atoms with E-state index in [1.54, 1.807) is 18.2 Å². The van der Waals surface area contributed by atoms with Crippen molar-refractivity contribution in [2.24, 2.45) is 0 Å². The van der Waals surface area contributed by atoms with Crippen LogP contribution in [0.2, 0.25) is 0 Å².